The van der Waals surface area contributed by atoms with Crippen LogP contribution < -0.4 is 5.32 Å². The van der Waals surface area contributed by atoms with Gasteiger partial charge in [0.1, 0.15) is 11.7 Å². The molecule has 2 N–H and O–H groups in total. The molecule has 0 aliphatic rings. The van der Waals surface area contributed by atoms with Gasteiger partial charge in [-0.25, -0.2) is 4.79 Å². The first-order valence-electron chi connectivity index (χ1n) is 6.24. The molecule has 0 saturated carbocycles. The Morgan fingerprint density at radius 3 is 2.58 bits per heavy atom. The minimum absolute atomic E-state index is 0.200. The van der Waals surface area contributed by atoms with Crippen molar-refractivity contribution in [2.45, 2.75) is 39.8 Å². The molecule has 0 bridgehead atoms. The van der Waals surface area contributed by atoms with Crippen LogP contribution in [0.15, 0.2) is 16.7 Å². The molecule has 0 aliphatic carbocycles. The highest BCUT2D eigenvalue weighted by Gasteiger charge is 2.23. The summed E-state index contributed by atoms with van der Waals surface area (Å²) in [5.41, 5.74) is 0.462. The maximum Gasteiger partial charge on any atom is 0.326 e. The average Bonchev–Trinajstić information content (AvgIpc) is 2.68. The Balaban J connectivity index is 2.84. The summed E-state index contributed by atoms with van der Waals surface area (Å²) in [4.78, 5) is 23.2. The van der Waals surface area contributed by atoms with E-state index >= 15 is 0 Å². The van der Waals surface area contributed by atoms with Gasteiger partial charge in [0.25, 0.3) is 5.91 Å². The van der Waals surface area contributed by atoms with Crippen molar-refractivity contribution in [2.24, 2.45) is 5.92 Å². The predicted octanol–water partition coefficient (Wildman–Crippen LogP) is 2.50. The number of aromatic nitrogens is 1. The molecule has 0 radical (unpaired) electrons. The maximum atomic E-state index is 12.1. The van der Waals surface area contributed by atoms with Crippen LogP contribution in [0.3, 0.4) is 0 Å². The molecule has 6 heteroatoms. The van der Waals surface area contributed by atoms with Crippen molar-refractivity contribution in [1.82, 2.24) is 9.88 Å². The molecule has 1 heterocycles. The average molecular weight is 331 g/mol. The molecule has 106 valence electrons. The number of aryl methyl sites for hydroxylation is 1. The van der Waals surface area contributed by atoms with Crippen LogP contribution in [0.25, 0.3) is 0 Å². The Labute approximate surface area is 121 Å². The van der Waals surface area contributed by atoms with Crippen LogP contribution >= 0.6 is 15.9 Å². The molecule has 5 nitrogen and oxygen atoms in total. The van der Waals surface area contributed by atoms with E-state index in [1.165, 1.54) is 0 Å². The molecule has 0 unspecified atom stereocenters. The van der Waals surface area contributed by atoms with Crippen molar-refractivity contribution in [1.29, 1.82) is 0 Å². The van der Waals surface area contributed by atoms with E-state index in [4.69, 9.17) is 5.11 Å². The second-order valence-corrected chi connectivity index (χ2v) is 5.74. The number of hydrogen-bond donors (Lipinski definition) is 2. The lowest BCUT2D eigenvalue weighted by atomic mass is 10.0. The number of carboxylic acids is 1. The topological polar surface area (TPSA) is 71.3 Å². The van der Waals surface area contributed by atoms with E-state index in [1.807, 2.05) is 20.8 Å². The molecule has 0 saturated heterocycles. The number of amides is 1. The highest BCUT2D eigenvalue weighted by Crippen LogP contribution is 2.15. The Hall–Kier alpha value is -1.30. The van der Waals surface area contributed by atoms with Gasteiger partial charge in [0.05, 0.1) is 0 Å². The van der Waals surface area contributed by atoms with Crippen LogP contribution in [0.2, 0.25) is 0 Å². The summed E-state index contributed by atoms with van der Waals surface area (Å²) < 4.78 is 2.57. The largest absolute Gasteiger partial charge is 0.480 e. The van der Waals surface area contributed by atoms with Gasteiger partial charge >= 0.3 is 5.97 Å². The summed E-state index contributed by atoms with van der Waals surface area (Å²) in [6, 6.07) is 0.833. The van der Waals surface area contributed by atoms with E-state index in [-0.39, 0.29) is 11.8 Å². The summed E-state index contributed by atoms with van der Waals surface area (Å²) in [5.74, 6) is -1.16. The first-order valence-corrected chi connectivity index (χ1v) is 7.03. The van der Waals surface area contributed by atoms with Crippen molar-refractivity contribution in [2.75, 3.05) is 0 Å². The summed E-state index contributed by atoms with van der Waals surface area (Å²) >= 11 is 3.31. The Morgan fingerprint density at radius 2 is 2.11 bits per heavy atom. The van der Waals surface area contributed by atoms with Crippen molar-refractivity contribution in [3.05, 3.63) is 22.4 Å². The number of nitrogens with zero attached hydrogens (tertiary/aromatic N) is 1. The number of nitrogens with one attached hydrogen (secondary N) is 1. The zero-order valence-corrected chi connectivity index (χ0v) is 12.9. The fraction of sp³-hybridized carbons (Fsp3) is 0.538. The highest BCUT2D eigenvalue weighted by atomic mass is 79.9. The SMILES string of the molecule is CCn1cc(Br)cc1C(=O)N[C@@H](CC(C)C)C(=O)O. The normalized spacial score (nSPS) is 12.5. The molecule has 1 atom stereocenters. The van der Waals surface area contributed by atoms with Crippen molar-refractivity contribution >= 4 is 27.8 Å². The number of rotatable bonds is 6. The van der Waals surface area contributed by atoms with E-state index in [0.717, 1.165) is 4.47 Å². The number of carboxylic acid groups (broad SMARTS) is 1. The fourth-order valence-corrected chi connectivity index (χ4v) is 2.32. The first kappa shape index (κ1) is 15.8. The van der Waals surface area contributed by atoms with Gasteiger partial charge in [-0.15, -0.1) is 0 Å². The zero-order valence-electron chi connectivity index (χ0n) is 11.3. The number of halogens is 1. The lowest BCUT2D eigenvalue weighted by Crippen LogP contribution is -2.42. The van der Waals surface area contributed by atoms with Crippen LogP contribution in [0, 0.1) is 5.92 Å². The molecule has 0 aliphatic heterocycles. The van der Waals surface area contributed by atoms with Gasteiger partial charge in [-0.1, -0.05) is 13.8 Å². The summed E-state index contributed by atoms with van der Waals surface area (Å²) in [6.07, 6.45) is 2.21. The quantitative estimate of drug-likeness (QED) is 0.841. The summed E-state index contributed by atoms with van der Waals surface area (Å²) in [6.45, 7) is 6.42. The van der Waals surface area contributed by atoms with E-state index in [0.29, 0.717) is 18.7 Å². The third kappa shape index (κ3) is 4.38. The van der Waals surface area contributed by atoms with Crippen LogP contribution in [-0.2, 0) is 11.3 Å². The first-order chi connectivity index (χ1) is 8.85. The van der Waals surface area contributed by atoms with Crippen LogP contribution in [0.1, 0.15) is 37.7 Å². The number of carbonyl (C=O) groups is 2. The standard InChI is InChI=1S/C13H19BrN2O3/c1-4-16-7-9(14)6-11(16)12(17)15-10(13(18)19)5-8(2)3/h6-8,10H,4-5H2,1-3H3,(H,15,17)(H,18,19)/t10-/m0/s1. The molecule has 0 fully saturated rings. The van der Waals surface area contributed by atoms with E-state index in [2.05, 4.69) is 21.2 Å². The minimum atomic E-state index is -1.00. The number of aliphatic carboxylic acids is 1. The third-order valence-corrected chi connectivity index (χ3v) is 3.18. The van der Waals surface area contributed by atoms with Crippen LogP contribution in [0.5, 0.6) is 0 Å². The number of carbonyl (C=O) groups excluding carboxylic acids is 1. The van der Waals surface area contributed by atoms with Gasteiger partial charge < -0.3 is 15.0 Å². The molecule has 19 heavy (non-hydrogen) atoms. The lowest BCUT2D eigenvalue weighted by Gasteiger charge is -2.17. The predicted molar refractivity (Wildman–Crippen MR) is 76.2 cm³/mol. The van der Waals surface area contributed by atoms with Crippen molar-refractivity contribution in [3.63, 3.8) is 0 Å². The minimum Gasteiger partial charge on any atom is -0.480 e. The van der Waals surface area contributed by atoms with E-state index < -0.39 is 12.0 Å². The van der Waals surface area contributed by atoms with Gasteiger partial charge in [-0.05, 0) is 41.3 Å². The number of hydrogen-bond acceptors (Lipinski definition) is 2. The van der Waals surface area contributed by atoms with Crippen LogP contribution in [-0.4, -0.2) is 27.6 Å². The molecule has 1 aromatic heterocycles. The maximum absolute atomic E-state index is 12.1. The van der Waals surface area contributed by atoms with Gasteiger partial charge in [0.15, 0.2) is 0 Å². The molecular formula is C13H19BrN2O3. The van der Waals surface area contributed by atoms with Gasteiger partial charge in [-0.3, -0.25) is 4.79 Å². The van der Waals surface area contributed by atoms with Gasteiger partial charge in [-0.2, -0.15) is 0 Å². The zero-order chi connectivity index (χ0) is 14.6. The second-order valence-electron chi connectivity index (χ2n) is 4.82. The highest BCUT2D eigenvalue weighted by molar-refractivity contribution is 9.10. The molecule has 1 aromatic rings. The van der Waals surface area contributed by atoms with Crippen molar-refractivity contribution < 1.29 is 14.7 Å². The second kappa shape index (κ2) is 6.75. The van der Waals surface area contributed by atoms with E-state index in [9.17, 15) is 9.59 Å². The Bertz CT molecular complexity index is 468. The molecule has 1 amide bonds. The fourth-order valence-electron chi connectivity index (χ4n) is 1.85. The molecule has 0 aromatic carbocycles. The lowest BCUT2D eigenvalue weighted by molar-refractivity contribution is -0.139. The summed E-state index contributed by atoms with van der Waals surface area (Å²) in [7, 11) is 0. The molecule has 0 spiro atoms. The molecular weight excluding hydrogens is 312 g/mol. The van der Waals surface area contributed by atoms with Crippen molar-refractivity contribution in [3.8, 4) is 0 Å². The van der Waals surface area contributed by atoms with Gasteiger partial charge in [0, 0.05) is 17.2 Å². The smallest absolute Gasteiger partial charge is 0.326 e. The Kier molecular flexibility index (Phi) is 5.60. The third-order valence-electron chi connectivity index (χ3n) is 2.75. The molecule has 1 rings (SSSR count). The monoisotopic (exact) mass is 330 g/mol. The van der Waals surface area contributed by atoms with Crippen LogP contribution in [0.4, 0.5) is 0 Å². The summed E-state index contributed by atoms with van der Waals surface area (Å²) in [5, 5.41) is 11.7. The Morgan fingerprint density at radius 1 is 1.47 bits per heavy atom. The van der Waals surface area contributed by atoms with E-state index in [1.54, 1.807) is 16.8 Å². The van der Waals surface area contributed by atoms with Gasteiger partial charge in [0.2, 0.25) is 0 Å².